The van der Waals surface area contributed by atoms with Gasteiger partial charge in [0.2, 0.25) is 0 Å². The Balaban J connectivity index is 2.33. The zero-order valence-corrected chi connectivity index (χ0v) is 8.25. The Morgan fingerprint density at radius 3 is 2.92 bits per heavy atom. The van der Waals surface area contributed by atoms with E-state index in [4.69, 9.17) is 16.7 Å². The molecule has 0 aliphatic heterocycles. The molecule has 1 heterocycles. The monoisotopic (exact) mass is 200 g/mol. The number of nitrogens with zero attached hydrogens (tertiary/aromatic N) is 1. The highest BCUT2D eigenvalue weighted by molar-refractivity contribution is 6.30. The minimum absolute atomic E-state index is 0.278. The van der Waals surface area contributed by atoms with Gasteiger partial charge < -0.3 is 10.4 Å². The van der Waals surface area contributed by atoms with E-state index in [0.29, 0.717) is 18.0 Å². The Kier molecular flexibility index (Phi) is 3.99. The molecule has 0 bridgehead atoms. The predicted octanol–water partition coefficient (Wildman–Crippen LogP) is 1.92. The van der Waals surface area contributed by atoms with E-state index in [0.717, 1.165) is 5.82 Å². The zero-order valence-electron chi connectivity index (χ0n) is 7.50. The number of halogens is 1. The van der Waals surface area contributed by atoms with E-state index in [9.17, 15) is 0 Å². The summed E-state index contributed by atoms with van der Waals surface area (Å²) in [5, 5.41) is 12.7. The smallest absolute Gasteiger partial charge is 0.125 e. The second-order valence-corrected chi connectivity index (χ2v) is 3.36. The van der Waals surface area contributed by atoms with Gasteiger partial charge >= 0.3 is 0 Å². The molecule has 0 radical (unpaired) electrons. The maximum Gasteiger partial charge on any atom is 0.125 e. The molecule has 2 N–H and O–H groups in total. The molecule has 1 aromatic heterocycles. The first-order valence-corrected chi connectivity index (χ1v) is 4.60. The first-order chi connectivity index (χ1) is 6.18. The molecule has 72 valence electrons. The van der Waals surface area contributed by atoms with Gasteiger partial charge in [-0.1, -0.05) is 11.6 Å². The fourth-order valence-electron chi connectivity index (χ4n) is 0.890. The first-order valence-electron chi connectivity index (χ1n) is 4.22. The molecule has 1 rings (SSSR count). The van der Waals surface area contributed by atoms with Crippen LogP contribution < -0.4 is 5.32 Å². The summed E-state index contributed by atoms with van der Waals surface area (Å²) >= 11 is 5.67. The standard InChI is InChI=1S/C9H13ClN2O/c1-7(13)4-5-11-9-3-2-8(10)6-12-9/h2-3,6-7,13H,4-5H2,1H3,(H,11,12). The Bertz CT molecular complexity index is 248. The maximum absolute atomic E-state index is 8.99. The Morgan fingerprint density at radius 1 is 1.62 bits per heavy atom. The van der Waals surface area contributed by atoms with Crippen molar-refractivity contribution in [1.82, 2.24) is 4.98 Å². The van der Waals surface area contributed by atoms with E-state index in [-0.39, 0.29) is 6.10 Å². The highest BCUT2D eigenvalue weighted by Crippen LogP contribution is 2.09. The Labute approximate surface area is 82.8 Å². The molecule has 1 atom stereocenters. The van der Waals surface area contributed by atoms with Crippen LogP contribution in [0, 0.1) is 0 Å². The molecule has 0 saturated carbocycles. The highest BCUT2D eigenvalue weighted by Gasteiger charge is 1.96. The number of pyridine rings is 1. The van der Waals surface area contributed by atoms with Gasteiger partial charge in [-0.25, -0.2) is 4.98 Å². The number of hydrogen-bond donors (Lipinski definition) is 2. The van der Waals surface area contributed by atoms with Gasteiger partial charge in [0.15, 0.2) is 0 Å². The van der Waals surface area contributed by atoms with E-state index >= 15 is 0 Å². The van der Waals surface area contributed by atoms with Crippen molar-refractivity contribution in [2.75, 3.05) is 11.9 Å². The third-order valence-electron chi connectivity index (χ3n) is 1.60. The molecule has 0 spiro atoms. The van der Waals surface area contributed by atoms with Crippen molar-refractivity contribution in [3.63, 3.8) is 0 Å². The molecule has 1 aromatic rings. The van der Waals surface area contributed by atoms with Crippen LogP contribution in [-0.4, -0.2) is 22.7 Å². The van der Waals surface area contributed by atoms with Crippen molar-refractivity contribution in [2.45, 2.75) is 19.4 Å². The molecule has 0 aliphatic carbocycles. The molecule has 0 aromatic carbocycles. The van der Waals surface area contributed by atoms with Crippen molar-refractivity contribution in [2.24, 2.45) is 0 Å². The summed E-state index contributed by atoms with van der Waals surface area (Å²) in [7, 11) is 0. The Morgan fingerprint density at radius 2 is 2.38 bits per heavy atom. The molecule has 4 heteroatoms. The predicted molar refractivity (Wildman–Crippen MR) is 54.0 cm³/mol. The van der Waals surface area contributed by atoms with Gasteiger partial charge in [0.05, 0.1) is 11.1 Å². The second-order valence-electron chi connectivity index (χ2n) is 2.93. The van der Waals surface area contributed by atoms with Gasteiger partial charge in [0.25, 0.3) is 0 Å². The van der Waals surface area contributed by atoms with Crippen molar-refractivity contribution in [3.05, 3.63) is 23.4 Å². The van der Waals surface area contributed by atoms with Crippen molar-refractivity contribution in [1.29, 1.82) is 0 Å². The quantitative estimate of drug-likeness (QED) is 0.781. The van der Waals surface area contributed by atoms with Crippen LogP contribution in [0.3, 0.4) is 0 Å². The van der Waals surface area contributed by atoms with Gasteiger partial charge in [0.1, 0.15) is 5.82 Å². The summed E-state index contributed by atoms with van der Waals surface area (Å²) in [6.45, 7) is 2.48. The fourth-order valence-corrected chi connectivity index (χ4v) is 1.00. The lowest BCUT2D eigenvalue weighted by molar-refractivity contribution is 0.188. The lowest BCUT2D eigenvalue weighted by atomic mass is 10.3. The van der Waals surface area contributed by atoms with E-state index in [1.165, 1.54) is 0 Å². The zero-order chi connectivity index (χ0) is 9.68. The summed E-state index contributed by atoms with van der Waals surface area (Å²) in [4.78, 5) is 4.05. The fraction of sp³-hybridized carbons (Fsp3) is 0.444. The van der Waals surface area contributed by atoms with Crippen LogP contribution in [0.5, 0.6) is 0 Å². The third kappa shape index (κ3) is 4.10. The highest BCUT2D eigenvalue weighted by atomic mass is 35.5. The van der Waals surface area contributed by atoms with E-state index in [1.54, 1.807) is 19.2 Å². The summed E-state index contributed by atoms with van der Waals surface area (Å²) in [6.07, 6.45) is 2.02. The normalized spacial score (nSPS) is 12.5. The van der Waals surface area contributed by atoms with Gasteiger partial charge in [-0.3, -0.25) is 0 Å². The van der Waals surface area contributed by atoms with Crippen molar-refractivity contribution in [3.8, 4) is 0 Å². The lowest BCUT2D eigenvalue weighted by Crippen LogP contribution is -2.10. The summed E-state index contributed by atoms with van der Waals surface area (Å²) in [5.41, 5.74) is 0. The van der Waals surface area contributed by atoms with Crippen LogP contribution >= 0.6 is 11.6 Å². The van der Waals surface area contributed by atoms with Crippen LogP contribution in [0.2, 0.25) is 5.02 Å². The maximum atomic E-state index is 8.99. The number of rotatable bonds is 4. The van der Waals surface area contributed by atoms with E-state index in [2.05, 4.69) is 10.3 Å². The van der Waals surface area contributed by atoms with Crippen LogP contribution in [-0.2, 0) is 0 Å². The molecular weight excluding hydrogens is 188 g/mol. The summed E-state index contributed by atoms with van der Waals surface area (Å²) in [6, 6.07) is 3.59. The van der Waals surface area contributed by atoms with Gasteiger partial charge in [-0.05, 0) is 25.5 Å². The molecule has 0 amide bonds. The number of anilines is 1. The largest absolute Gasteiger partial charge is 0.393 e. The lowest BCUT2D eigenvalue weighted by Gasteiger charge is -2.06. The molecule has 3 nitrogen and oxygen atoms in total. The molecular formula is C9H13ClN2O. The van der Waals surface area contributed by atoms with Crippen molar-refractivity contribution >= 4 is 17.4 Å². The average Bonchev–Trinajstić information content (AvgIpc) is 2.08. The van der Waals surface area contributed by atoms with E-state index in [1.807, 2.05) is 6.07 Å². The third-order valence-corrected chi connectivity index (χ3v) is 1.82. The second kappa shape index (κ2) is 5.04. The summed E-state index contributed by atoms with van der Waals surface area (Å²) in [5.74, 6) is 0.782. The number of hydrogen-bond acceptors (Lipinski definition) is 3. The number of aliphatic hydroxyl groups excluding tert-OH is 1. The topological polar surface area (TPSA) is 45.1 Å². The van der Waals surface area contributed by atoms with E-state index < -0.39 is 0 Å². The van der Waals surface area contributed by atoms with Crippen LogP contribution in [0.1, 0.15) is 13.3 Å². The van der Waals surface area contributed by atoms with Crippen LogP contribution in [0.15, 0.2) is 18.3 Å². The van der Waals surface area contributed by atoms with Gasteiger partial charge in [0, 0.05) is 12.7 Å². The minimum Gasteiger partial charge on any atom is -0.393 e. The molecule has 0 aliphatic rings. The average molecular weight is 201 g/mol. The SMILES string of the molecule is CC(O)CCNc1ccc(Cl)cn1. The number of aliphatic hydroxyl groups is 1. The number of nitrogens with one attached hydrogen (secondary N) is 1. The van der Waals surface area contributed by atoms with Crippen LogP contribution in [0.4, 0.5) is 5.82 Å². The first kappa shape index (κ1) is 10.3. The summed E-state index contributed by atoms with van der Waals surface area (Å²) < 4.78 is 0. The molecule has 13 heavy (non-hydrogen) atoms. The molecule has 0 saturated heterocycles. The van der Waals surface area contributed by atoms with Crippen LogP contribution in [0.25, 0.3) is 0 Å². The number of aromatic nitrogens is 1. The molecule has 1 unspecified atom stereocenters. The van der Waals surface area contributed by atoms with Crippen molar-refractivity contribution < 1.29 is 5.11 Å². The minimum atomic E-state index is -0.278. The Hall–Kier alpha value is -0.800. The van der Waals surface area contributed by atoms with Gasteiger partial charge in [-0.2, -0.15) is 0 Å². The molecule has 0 fully saturated rings. The van der Waals surface area contributed by atoms with Gasteiger partial charge in [-0.15, -0.1) is 0 Å².